The zero-order chi connectivity index (χ0) is 20.3. The van der Waals surface area contributed by atoms with E-state index in [1.54, 1.807) is 42.5 Å². The minimum atomic E-state index is -1.13. The number of carbonyl (C=O) groups is 3. The molecule has 1 fully saturated rings. The monoisotopic (exact) mass is 413 g/mol. The Morgan fingerprint density at radius 2 is 1.71 bits per heavy atom. The van der Waals surface area contributed by atoms with Crippen LogP contribution in [0.2, 0.25) is 0 Å². The lowest BCUT2D eigenvalue weighted by Crippen LogP contribution is -2.45. The highest BCUT2D eigenvalue weighted by atomic mass is 32.2. The number of hydrogen-bond acceptors (Lipinski definition) is 5. The number of nitrogens with zero attached hydrogens (tertiary/aromatic N) is 1. The molecule has 0 aromatic heterocycles. The number of benzene rings is 2. The van der Waals surface area contributed by atoms with E-state index >= 15 is 0 Å². The van der Waals surface area contributed by atoms with Gasteiger partial charge >= 0.3 is 11.9 Å². The third kappa shape index (κ3) is 4.29. The lowest BCUT2D eigenvalue weighted by atomic mass is 10.0. The van der Waals surface area contributed by atoms with Crippen molar-refractivity contribution < 1.29 is 24.6 Å². The van der Waals surface area contributed by atoms with Crippen LogP contribution in [0.25, 0.3) is 6.08 Å². The molecule has 2 aromatic carbocycles. The van der Waals surface area contributed by atoms with E-state index in [1.165, 1.54) is 12.1 Å². The van der Waals surface area contributed by atoms with E-state index in [0.717, 1.165) is 22.2 Å². The summed E-state index contributed by atoms with van der Waals surface area (Å²) >= 11 is 6.30. The Kier molecular flexibility index (Phi) is 5.91. The van der Waals surface area contributed by atoms with Crippen molar-refractivity contribution in [2.75, 3.05) is 0 Å². The predicted octanol–water partition coefficient (Wildman–Crippen LogP) is 3.28. The third-order valence-corrected chi connectivity index (χ3v) is 5.48. The smallest absolute Gasteiger partial charge is 0.335 e. The lowest BCUT2D eigenvalue weighted by Gasteiger charge is -2.23. The number of thioether (sulfide) groups is 1. The number of amides is 1. The Balaban J connectivity index is 1.85. The number of rotatable bonds is 6. The molecule has 6 nitrogen and oxygen atoms in total. The van der Waals surface area contributed by atoms with Gasteiger partial charge in [-0.1, -0.05) is 66.4 Å². The van der Waals surface area contributed by atoms with Gasteiger partial charge in [0, 0.05) is 6.42 Å². The van der Waals surface area contributed by atoms with Gasteiger partial charge in [-0.15, -0.1) is 0 Å². The topological polar surface area (TPSA) is 94.9 Å². The van der Waals surface area contributed by atoms with E-state index in [1.807, 2.05) is 6.07 Å². The van der Waals surface area contributed by atoms with E-state index < -0.39 is 23.9 Å². The molecule has 1 saturated heterocycles. The summed E-state index contributed by atoms with van der Waals surface area (Å²) in [6, 6.07) is 14.0. The number of carboxylic acid groups (broad SMARTS) is 2. The van der Waals surface area contributed by atoms with Gasteiger partial charge in [0.15, 0.2) is 0 Å². The van der Waals surface area contributed by atoms with Crippen LogP contribution in [-0.4, -0.2) is 43.3 Å². The molecule has 0 radical (unpaired) electrons. The minimum Gasteiger partial charge on any atom is -0.480 e. The van der Waals surface area contributed by atoms with Crippen LogP contribution >= 0.6 is 24.0 Å². The maximum Gasteiger partial charge on any atom is 0.335 e. The second-order valence-electron chi connectivity index (χ2n) is 6.02. The number of aliphatic carboxylic acids is 1. The quantitative estimate of drug-likeness (QED) is 0.554. The predicted molar refractivity (Wildman–Crippen MR) is 110 cm³/mol. The molecule has 1 aliphatic heterocycles. The summed E-state index contributed by atoms with van der Waals surface area (Å²) in [6.45, 7) is 0. The SMILES string of the molecule is O=C(O)c1ccc(/C=C2\SC(=S)N([C@@H](Cc3ccccc3)C(=O)O)C2=O)cc1. The molecule has 8 heteroatoms. The van der Waals surface area contributed by atoms with Gasteiger partial charge in [-0.3, -0.25) is 9.69 Å². The van der Waals surface area contributed by atoms with Gasteiger partial charge in [-0.2, -0.15) is 0 Å². The molecule has 2 N–H and O–H groups in total. The summed E-state index contributed by atoms with van der Waals surface area (Å²) in [5.41, 5.74) is 1.55. The highest BCUT2D eigenvalue weighted by Crippen LogP contribution is 2.34. The molecule has 1 heterocycles. The first-order chi connectivity index (χ1) is 13.4. The Morgan fingerprint density at radius 1 is 1.07 bits per heavy atom. The number of carbonyl (C=O) groups excluding carboxylic acids is 1. The van der Waals surface area contributed by atoms with E-state index in [-0.39, 0.29) is 16.3 Å². The molecule has 0 bridgehead atoms. The van der Waals surface area contributed by atoms with Gasteiger partial charge in [-0.05, 0) is 29.3 Å². The van der Waals surface area contributed by atoms with Crippen molar-refractivity contribution in [3.63, 3.8) is 0 Å². The van der Waals surface area contributed by atoms with Crippen LogP contribution in [-0.2, 0) is 16.0 Å². The molecule has 3 rings (SSSR count). The van der Waals surface area contributed by atoms with E-state index in [4.69, 9.17) is 17.3 Å². The fourth-order valence-corrected chi connectivity index (χ4v) is 4.10. The molecule has 1 amide bonds. The van der Waals surface area contributed by atoms with Gasteiger partial charge in [0.1, 0.15) is 10.4 Å². The van der Waals surface area contributed by atoms with Crippen LogP contribution in [0.15, 0.2) is 59.5 Å². The van der Waals surface area contributed by atoms with Crippen molar-refractivity contribution in [1.82, 2.24) is 4.90 Å². The molecule has 1 atom stereocenters. The highest BCUT2D eigenvalue weighted by Gasteiger charge is 2.40. The average Bonchev–Trinajstić information content (AvgIpc) is 2.94. The van der Waals surface area contributed by atoms with E-state index in [0.29, 0.717) is 10.5 Å². The summed E-state index contributed by atoms with van der Waals surface area (Å²) in [5, 5.41) is 18.6. The largest absolute Gasteiger partial charge is 0.480 e. The Hall–Kier alpha value is -2.97. The fraction of sp³-hybridized carbons (Fsp3) is 0.100. The van der Waals surface area contributed by atoms with Crippen molar-refractivity contribution in [2.24, 2.45) is 0 Å². The molecule has 1 aliphatic rings. The molecule has 0 aliphatic carbocycles. The van der Waals surface area contributed by atoms with Crippen LogP contribution in [0.5, 0.6) is 0 Å². The molecule has 0 spiro atoms. The molecule has 2 aromatic rings. The average molecular weight is 413 g/mol. The van der Waals surface area contributed by atoms with Crippen molar-refractivity contribution >= 4 is 52.2 Å². The van der Waals surface area contributed by atoms with Gasteiger partial charge in [-0.25, -0.2) is 9.59 Å². The van der Waals surface area contributed by atoms with Crippen molar-refractivity contribution in [1.29, 1.82) is 0 Å². The van der Waals surface area contributed by atoms with Crippen LogP contribution in [0.3, 0.4) is 0 Å². The maximum absolute atomic E-state index is 12.8. The number of thiocarbonyl (C=S) groups is 1. The maximum atomic E-state index is 12.8. The summed E-state index contributed by atoms with van der Waals surface area (Å²) in [6.07, 6.45) is 1.72. The zero-order valence-corrected chi connectivity index (χ0v) is 16.1. The van der Waals surface area contributed by atoms with Crippen molar-refractivity contribution in [2.45, 2.75) is 12.5 Å². The normalized spacial score (nSPS) is 16.4. The molecule has 0 saturated carbocycles. The van der Waals surface area contributed by atoms with Crippen LogP contribution in [0.1, 0.15) is 21.5 Å². The molecular weight excluding hydrogens is 398 g/mol. The van der Waals surface area contributed by atoms with E-state index in [9.17, 15) is 19.5 Å². The van der Waals surface area contributed by atoms with Crippen molar-refractivity contribution in [3.05, 3.63) is 76.2 Å². The molecule has 142 valence electrons. The summed E-state index contributed by atoms with van der Waals surface area (Å²) < 4.78 is 0.182. The van der Waals surface area contributed by atoms with Crippen LogP contribution < -0.4 is 0 Å². The first-order valence-corrected chi connectivity index (χ1v) is 9.46. The fourth-order valence-electron chi connectivity index (χ4n) is 2.75. The lowest BCUT2D eigenvalue weighted by molar-refractivity contribution is -0.145. The van der Waals surface area contributed by atoms with Gasteiger partial charge < -0.3 is 10.2 Å². The number of aromatic carboxylic acids is 1. The highest BCUT2D eigenvalue weighted by molar-refractivity contribution is 8.26. The molecule has 28 heavy (non-hydrogen) atoms. The summed E-state index contributed by atoms with van der Waals surface area (Å²) in [5.74, 6) is -2.64. The third-order valence-electron chi connectivity index (χ3n) is 4.15. The minimum absolute atomic E-state index is 0.138. The second-order valence-corrected chi connectivity index (χ2v) is 7.70. The van der Waals surface area contributed by atoms with Crippen LogP contribution in [0.4, 0.5) is 0 Å². The number of hydrogen-bond donors (Lipinski definition) is 2. The van der Waals surface area contributed by atoms with Crippen LogP contribution in [0, 0.1) is 0 Å². The standard InChI is InChI=1S/C20H15NO5S2/c22-17-16(11-13-6-8-14(9-7-13)18(23)24)28-20(27)21(17)15(19(25)26)10-12-4-2-1-3-5-12/h1-9,11,15H,10H2,(H,23,24)(H,25,26)/b16-11-/t15-/m0/s1. The van der Waals surface area contributed by atoms with Crippen molar-refractivity contribution in [3.8, 4) is 0 Å². The number of carboxylic acids is 2. The van der Waals surface area contributed by atoms with Gasteiger partial charge in [0.2, 0.25) is 0 Å². The Morgan fingerprint density at radius 3 is 2.29 bits per heavy atom. The van der Waals surface area contributed by atoms with E-state index in [2.05, 4.69) is 0 Å². The summed E-state index contributed by atoms with van der Waals surface area (Å²) in [7, 11) is 0. The zero-order valence-electron chi connectivity index (χ0n) is 14.4. The first kappa shape index (κ1) is 19.8. The Bertz CT molecular complexity index is 970. The van der Waals surface area contributed by atoms with Gasteiger partial charge in [0.05, 0.1) is 10.5 Å². The first-order valence-electron chi connectivity index (χ1n) is 8.24. The second kappa shape index (κ2) is 8.37. The summed E-state index contributed by atoms with van der Waals surface area (Å²) in [4.78, 5) is 37.0. The molecular formula is C20H15NO5S2. The van der Waals surface area contributed by atoms with Gasteiger partial charge in [0.25, 0.3) is 5.91 Å². The Labute approximate surface area is 170 Å². The molecule has 0 unspecified atom stereocenters.